The van der Waals surface area contributed by atoms with Crippen LogP contribution in [0.5, 0.6) is 0 Å². The van der Waals surface area contributed by atoms with Crippen molar-refractivity contribution in [2.24, 2.45) is 5.92 Å². The van der Waals surface area contributed by atoms with Crippen molar-refractivity contribution in [3.63, 3.8) is 0 Å². The van der Waals surface area contributed by atoms with Crippen LogP contribution in [0.1, 0.15) is 37.3 Å². The number of piperidine rings is 1. The lowest BCUT2D eigenvalue weighted by atomic mass is 10.0. The summed E-state index contributed by atoms with van der Waals surface area (Å²) in [5, 5.41) is 0. The lowest BCUT2D eigenvalue weighted by molar-refractivity contribution is -0.133. The summed E-state index contributed by atoms with van der Waals surface area (Å²) in [5.74, 6) is 0.814. The second kappa shape index (κ2) is 8.63. The number of nitrogens with zero attached hydrogens (tertiary/aromatic N) is 1. The van der Waals surface area contributed by atoms with Crippen LogP contribution in [0.4, 0.5) is 0 Å². The fourth-order valence-electron chi connectivity index (χ4n) is 3.61. The number of hydrogen-bond donors (Lipinski definition) is 0. The second-order valence-corrected chi connectivity index (χ2v) is 6.94. The van der Waals surface area contributed by atoms with E-state index in [-0.39, 0.29) is 5.91 Å². The van der Waals surface area contributed by atoms with Crippen LogP contribution in [0.3, 0.4) is 0 Å². The minimum atomic E-state index is 0.249. The zero-order chi connectivity index (χ0) is 16.8. The molecule has 4 heteroatoms. The van der Waals surface area contributed by atoms with Crippen molar-refractivity contribution < 1.29 is 14.3 Å². The van der Waals surface area contributed by atoms with E-state index in [1.807, 2.05) is 17.0 Å². The molecule has 3 rings (SSSR count). The standard InChI is InChI=1S/C20H29NO3/c1-2-17-5-3-4-6-18(17)13-20(22)21-10-7-19(8-11-21)24-15-16-9-12-23-14-16/h3-6,16,19H,2,7-15H2,1H3/t16-/m0/s1. The van der Waals surface area contributed by atoms with Gasteiger partial charge in [-0.25, -0.2) is 0 Å². The Morgan fingerprint density at radius 3 is 2.62 bits per heavy atom. The minimum absolute atomic E-state index is 0.249. The van der Waals surface area contributed by atoms with E-state index in [9.17, 15) is 4.79 Å². The number of ether oxygens (including phenoxy) is 2. The number of rotatable bonds is 6. The molecule has 2 aliphatic heterocycles. The molecule has 0 saturated carbocycles. The predicted molar refractivity (Wildman–Crippen MR) is 94.0 cm³/mol. The molecule has 0 bridgehead atoms. The number of benzene rings is 1. The van der Waals surface area contributed by atoms with Crippen LogP contribution in [-0.4, -0.2) is 49.8 Å². The van der Waals surface area contributed by atoms with Gasteiger partial charge in [0.1, 0.15) is 0 Å². The lowest BCUT2D eigenvalue weighted by Crippen LogP contribution is -2.42. The van der Waals surface area contributed by atoms with Crippen LogP contribution in [0.2, 0.25) is 0 Å². The van der Waals surface area contributed by atoms with Gasteiger partial charge in [-0.1, -0.05) is 31.2 Å². The number of aryl methyl sites for hydroxylation is 1. The first-order chi connectivity index (χ1) is 11.8. The Morgan fingerprint density at radius 2 is 1.96 bits per heavy atom. The first-order valence-corrected chi connectivity index (χ1v) is 9.30. The van der Waals surface area contributed by atoms with Gasteiger partial charge in [-0.2, -0.15) is 0 Å². The van der Waals surface area contributed by atoms with Gasteiger partial charge in [-0.3, -0.25) is 4.79 Å². The lowest BCUT2D eigenvalue weighted by Gasteiger charge is -2.32. The number of hydrogen-bond acceptors (Lipinski definition) is 3. The Kier molecular flexibility index (Phi) is 6.27. The summed E-state index contributed by atoms with van der Waals surface area (Å²) in [7, 11) is 0. The van der Waals surface area contributed by atoms with Gasteiger partial charge in [-0.05, 0) is 36.8 Å². The molecule has 0 radical (unpaired) electrons. The fraction of sp³-hybridized carbons (Fsp3) is 0.650. The molecule has 0 aromatic heterocycles. The Balaban J connectivity index is 1.43. The van der Waals surface area contributed by atoms with E-state index < -0.39 is 0 Å². The van der Waals surface area contributed by atoms with Crippen LogP contribution >= 0.6 is 0 Å². The minimum Gasteiger partial charge on any atom is -0.381 e. The van der Waals surface area contributed by atoms with Crippen molar-refractivity contribution in [2.75, 3.05) is 32.9 Å². The number of amides is 1. The molecule has 2 fully saturated rings. The van der Waals surface area contributed by atoms with E-state index in [4.69, 9.17) is 9.47 Å². The fourth-order valence-corrected chi connectivity index (χ4v) is 3.61. The molecule has 1 aromatic carbocycles. The molecule has 132 valence electrons. The summed E-state index contributed by atoms with van der Waals surface area (Å²) < 4.78 is 11.4. The summed E-state index contributed by atoms with van der Waals surface area (Å²) in [6.45, 7) is 6.30. The largest absolute Gasteiger partial charge is 0.381 e. The Hall–Kier alpha value is -1.39. The summed E-state index contributed by atoms with van der Waals surface area (Å²) in [5.41, 5.74) is 2.45. The van der Waals surface area contributed by atoms with Crippen molar-refractivity contribution in [1.29, 1.82) is 0 Å². The maximum absolute atomic E-state index is 12.6. The summed E-state index contributed by atoms with van der Waals surface area (Å²) in [6.07, 6.45) is 4.83. The molecule has 0 N–H and O–H groups in total. The third-order valence-corrected chi connectivity index (χ3v) is 5.23. The summed E-state index contributed by atoms with van der Waals surface area (Å²) in [4.78, 5) is 14.6. The van der Waals surface area contributed by atoms with E-state index in [0.29, 0.717) is 18.4 Å². The highest BCUT2D eigenvalue weighted by atomic mass is 16.5. The quantitative estimate of drug-likeness (QED) is 0.804. The molecule has 0 aliphatic carbocycles. The van der Waals surface area contributed by atoms with Gasteiger partial charge in [0.25, 0.3) is 0 Å². The van der Waals surface area contributed by atoms with Crippen molar-refractivity contribution >= 4 is 5.91 Å². The summed E-state index contributed by atoms with van der Waals surface area (Å²) >= 11 is 0. The monoisotopic (exact) mass is 331 g/mol. The van der Waals surface area contributed by atoms with E-state index >= 15 is 0 Å². The normalized spacial score (nSPS) is 22.0. The Morgan fingerprint density at radius 1 is 1.21 bits per heavy atom. The van der Waals surface area contributed by atoms with Crippen LogP contribution in [0.15, 0.2) is 24.3 Å². The number of likely N-dealkylation sites (tertiary alicyclic amines) is 1. The highest BCUT2D eigenvalue weighted by Crippen LogP contribution is 2.19. The van der Waals surface area contributed by atoms with E-state index in [1.165, 1.54) is 11.1 Å². The molecule has 2 heterocycles. The molecule has 2 aliphatic rings. The zero-order valence-corrected chi connectivity index (χ0v) is 14.7. The highest BCUT2D eigenvalue weighted by Gasteiger charge is 2.25. The van der Waals surface area contributed by atoms with Gasteiger partial charge in [-0.15, -0.1) is 0 Å². The Bertz CT molecular complexity index is 531. The maximum atomic E-state index is 12.6. The molecule has 24 heavy (non-hydrogen) atoms. The highest BCUT2D eigenvalue weighted by molar-refractivity contribution is 5.79. The van der Waals surface area contributed by atoms with Crippen LogP contribution in [-0.2, 0) is 27.1 Å². The number of carbonyl (C=O) groups excluding carboxylic acids is 1. The molecule has 4 nitrogen and oxygen atoms in total. The molecular weight excluding hydrogens is 302 g/mol. The second-order valence-electron chi connectivity index (χ2n) is 6.94. The van der Waals surface area contributed by atoms with E-state index in [2.05, 4.69) is 19.1 Å². The topological polar surface area (TPSA) is 38.8 Å². The first-order valence-electron chi connectivity index (χ1n) is 9.30. The third-order valence-electron chi connectivity index (χ3n) is 5.23. The van der Waals surface area contributed by atoms with Gasteiger partial charge < -0.3 is 14.4 Å². The molecular formula is C20H29NO3. The van der Waals surface area contributed by atoms with Gasteiger partial charge in [0.2, 0.25) is 5.91 Å². The zero-order valence-electron chi connectivity index (χ0n) is 14.7. The van der Waals surface area contributed by atoms with Gasteiger partial charge in [0.05, 0.1) is 25.7 Å². The average Bonchev–Trinajstić information content (AvgIpc) is 3.14. The van der Waals surface area contributed by atoms with Crippen molar-refractivity contribution in [2.45, 2.75) is 45.1 Å². The molecule has 1 aromatic rings. The first kappa shape index (κ1) is 17.4. The van der Waals surface area contributed by atoms with Crippen LogP contribution in [0, 0.1) is 5.92 Å². The molecule has 1 amide bonds. The number of carbonyl (C=O) groups is 1. The average molecular weight is 331 g/mol. The van der Waals surface area contributed by atoms with Crippen molar-refractivity contribution in [3.05, 3.63) is 35.4 Å². The van der Waals surface area contributed by atoms with Crippen molar-refractivity contribution in [3.8, 4) is 0 Å². The smallest absolute Gasteiger partial charge is 0.227 e. The van der Waals surface area contributed by atoms with Crippen LogP contribution in [0.25, 0.3) is 0 Å². The third kappa shape index (κ3) is 4.58. The molecule has 0 spiro atoms. The van der Waals surface area contributed by atoms with Crippen molar-refractivity contribution in [1.82, 2.24) is 4.90 Å². The predicted octanol–water partition coefficient (Wildman–Crippen LogP) is 2.84. The molecule has 0 unspecified atom stereocenters. The van der Waals surface area contributed by atoms with Gasteiger partial charge in [0.15, 0.2) is 0 Å². The van der Waals surface area contributed by atoms with E-state index in [0.717, 1.165) is 58.6 Å². The molecule has 1 atom stereocenters. The SMILES string of the molecule is CCc1ccccc1CC(=O)N1CCC(OC[C@H]2CCOC2)CC1. The van der Waals surface area contributed by atoms with Gasteiger partial charge >= 0.3 is 0 Å². The van der Waals surface area contributed by atoms with Crippen LogP contribution < -0.4 is 0 Å². The van der Waals surface area contributed by atoms with Gasteiger partial charge in [0, 0.05) is 25.6 Å². The summed E-state index contributed by atoms with van der Waals surface area (Å²) in [6, 6.07) is 8.27. The van der Waals surface area contributed by atoms with E-state index in [1.54, 1.807) is 0 Å². The maximum Gasteiger partial charge on any atom is 0.227 e. The Labute approximate surface area is 145 Å². The molecule has 2 saturated heterocycles.